The largest absolute Gasteiger partial charge is 0.416 e. The van der Waals surface area contributed by atoms with E-state index in [0.717, 1.165) is 30.5 Å². The second-order valence-corrected chi connectivity index (χ2v) is 10.7. The molecule has 5 rings (SSSR count). The molecule has 3 atom stereocenters. The third kappa shape index (κ3) is 5.60. The van der Waals surface area contributed by atoms with E-state index in [0.29, 0.717) is 63.6 Å². The van der Waals surface area contributed by atoms with Gasteiger partial charge in [-0.1, -0.05) is 17.3 Å². The summed E-state index contributed by atoms with van der Waals surface area (Å²) >= 11 is 0. The molecule has 0 amide bonds. The maximum atomic E-state index is 13.1. The Morgan fingerprint density at radius 1 is 1.06 bits per heavy atom. The van der Waals surface area contributed by atoms with Gasteiger partial charge in [-0.25, -0.2) is 0 Å². The van der Waals surface area contributed by atoms with Gasteiger partial charge in [0, 0.05) is 44.6 Å². The minimum absolute atomic E-state index is 0.0841. The average molecular weight is 511 g/mol. The number of piperidine rings is 2. The Morgan fingerprint density at radius 3 is 2.33 bits per heavy atom. The first kappa shape index (κ1) is 25.6. The minimum atomic E-state index is -4.40. The summed E-state index contributed by atoms with van der Waals surface area (Å²) in [5.74, 6) is 0.646. The van der Waals surface area contributed by atoms with Crippen molar-refractivity contribution in [2.75, 3.05) is 32.8 Å². The topological polar surface area (TPSA) is 106 Å². The van der Waals surface area contributed by atoms with Gasteiger partial charge in [-0.3, -0.25) is 9.80 Å². The highest BCUT2D eigenvalue weighted by atomic mass is 19.4. The molecule has 1 aromatic heterocycles. The van der Waals surface area contributed by atoms with E-state index in [1.54, 1.807) is 0 Å². The lowest BCUT2D eigenvalue weighted by Crippen LogP contribution is -2.55. The Kier molecular flexibility index (Phi) is 7.12. The number of benzene rings is 1. The van der Waals surface area contributed by atoms with E-state index in [1.807, 2.05) is 9.80 Å². The summed E-state index contributed by atoms with van der Waals surface area (Å²) in [4.78, 5) is 8.43. The fourth-order valence-corrected chi connectivity index (χ4v) is 5.44. The van der Waals surface area contributed by atoms with Crippen LogP contribution in [0.2, 0.25) is 0 Å². The van der Waals surface area contributed by atoms with Gasteiger partial charge in [-0.05, 0) is 55.7 Å². The van der Waals surface area contributed by atoms with Crippen LogP contribution in [0.5, 0.6) is 0 Å². The maximum Gasteiger partial charge on any atom is 0.416 e. The van der Waals surface area contributed by atoms with Crippen molar-refractivity contribution in [3.05, 3.63) is 47.1 Å². The second kappa shape index (κ2) is 10.0. The number of alkyl halides is 3. The Labute approximate surface area is 207 Å². The van der Waals surface area contributed by atoms with Crippen molar-refractivity contribution < 1.29 is 33.0 Å². The van der Waals surface area contributed by atoms with Gasteiger partial charge in [-0.2, -0.15) is 18.2 Å². The molecule has 0 spiro atoms. The van der Waals surface area contributed by atoms with Crippen LogP contribution in [0, 0.1) is 5.41 Å². The summed E-state index contributed by atoms with van der Waals surface area (Å²) in [7, 11) is 0. The fraction of sp³-hybridized carbons (Fsp3) is 0.680. The smallest absolute Gasteiger partial charge is 0.396 e. The van der Waals surface area contributed by atoms with Gasteiger partial charge >= 0.3 is 6.18 Å². The van der Waals surface area contributed by atoms with E-state index < -0.39 is 18.1 Å². The molecular formula is C25H33F3N4O4. The first-order valence-electron chi connectivity index (χ1n) is 12.6. The zero-order chi connectivity index (χ0) is 25.5. The number of hydrogen-bond donors (Lipinski definition) is 3. The Bertz CT molecular complexity index is 1020. The highest BCUT2D eigenvalue weighted by Crippen LogP contribution is 2.47. The van der Waals surface area contributed by atoms with Gasteiger partial charge in [0.2, 0.25) is 5.89 Å². The monoisotopic (exact) mass is 510 g/mol. The summed E-state index contributed by atoms with van der Waals surface area (Å²) < 4.78 is 44.9. The summed E-state index contributed by atoms with van der Waals surface area (Å²) in [6, 6.07) is 5.21. The summed E-state index contributed by atoms with van der Waals surface area (Å²) in [5, 5.41) is 34.8. The van der Waals surface area contributed by atoms with Crippen LogP contribution < -0.4 is 0 Å². The standard InChI is InChI=1S/C25H33F3N4O4/c26-25(27,28)19-3-1-16(2-4-19)17-11-18(22-29-21(30-36-22)12-24(15-33)7-8-24)14-32(13-17)23(35)31-9-5-20(34)6-10-31/h1-4,17-18,20,23,33-35H,5-15H2. The molecule has 36 heavy (non-hydrogen) atoms. The van der Waals surface area contributed by atoms with E-state index in [1.165, 1.54) is 12.1 Å². The highest BCUT2D eigenvalue weighted by molar-refractivity contribution is 5.28. The van der Waals surface area contributed by atoms with Gasteiger partial charge < -0.3 is 19.8 Å². The van der Waals surface area contributed by atoms with Crippen LogP contribution >= 0.6 is 0 Å². The van der Waals surface area contributed by atoms with Gasteiger partial charge in [0.15, 0.2) is 12.2 Å². The maximum absolute atomic E-state index is 13.1. The molecular weight excluding hydrogens is 477 g/mol. The van der Waals surface area contributed by atoms with E-state index in [2.05, 4.69) is 10.1 Å². The Morgan fingerprint density at radius 2 is 1.72 bits per heavy atom. The minimum Gasteiger partial charge on any atom is -0.396 e. The molecule has 3 N–H and O–H groups in total. The van der Waals surface area contributed by atoms with Crippen molar-refractivity contribution in [1.29, 1.82) is 0 Å². The lowest BCUT2D eigenvalue weighted by Gasteiger charge is -2.44. The van der Waals surface area contributed by atoms with E-state index in [-0.39, 0.29) is 30.0 Å². The zero-order valence-electron chi connectivity index (χ0n) is 20.1. The van der Waals surface area contributed by atoms with Crippen LogP contribution in [0.3, 0.4) is 0 Å². The molecule has 1 aliphatic carbocycles. The molecule has 0 radical (unpaired) electrons. The van der Waals surface area contributed by atoms with Gasteiger partial charge in [0.05, 0.1) is 17.6 Å². The molecule has 1 saturated carbocycles. The molecule has 3 heterocycles. The van der Waals surface area contributed by atoms with Gasteiger partial charge in [0.1, 0.15) is 0 Å². The number of nitrogens with zero attached hydrogens (tertiary/aromatic N) is 4. The van der Waals surface area contributed by atoms with Gasteiger partial charge in [0.25, 0.3) is 0 Å². The average Bonchev–Trinajstić information content (AvgIpc) is 3.50. The number of aliphatic hydroxyl groups excluding tert-OH is 3. The first-order chi connectivity index (χ1) is 17.2. The molecule has 3 fully saturated rings. The molecule has 8 nitrogen and oxygen atoms in total. The number of aliphatic hydroxyl groups is 3. The predicted molar refractivity (Wildman–Crippen MR) is 123 cm³/mol. The van der Waals surface area contributed by atoms with Crippen LogP contribution in [-0.4, -0.2) is 80.5 Å². The number of halogens is 3. The molecule has 198 valence electrons. The summed E-state index contributed by atoms with van der Waals surface area (Å²) in [6.07, 6.45) is -1.50. The first-order valence-corrected chi connectivity index (χ1v) is 12.6. The predicted octanol–water partition coefficient (Wildman–Crippen LogP) is 2.71. The van der Waals surface area contributed by atoms with Crippen LogP contribution in [0.1, 0.15) is 66.8 Å². The fourth-order valence-electron chi connectivity index (χ4n) is 5.44. The van der Waals surface area contributed by atoms with Crippen LogP contribution in [-0.2, 0) is 12.6 Å². The summed E-state index contributed by atoms with van der Waals surface area (Å²) in [5.41, 5.74) is -0.0879. The van der Waals surface area contributed by atoms with Crippen molar-refractivity contribution >= 4 is 0 Å². The Hall–Kier alpha value is -2.05. The number of hydrogen-bond acceptors (Lipinski definition) is 8. The van der Waals surface area contributed by atoms with Crippen LogP contribution in [0.15, 0.2) is 28.8 Å². The second-order valence-electron chi connectivity index (χ2n) is 10.7. The van der Waals surface area contributed by atoms with Crippen molar-refractivity contribution in [3.63, 3.8) is 0 Å². The van der Waals surface area contributed by atoms with Crippen molar-refractivity contribution in [2.24, 2.45) is 5.41 Å². The zero-order valence-corrected chi connectivity index (χ0v) is 20.1. The number of likely N-dealkylation sites (tertiary alicyclic amines) is 2. The molecule has 11 heteroatoms. The third-order valence-electron chi connectivity index (χ3n) is 8.00. The Balaban J connectivity index is 1.36. The van der Waals surface area contributed by atoms with Crippen molar-refractivity contribution in [2.45, 2.75) is 69.0 Å². The molecule has 1 aromatic carbocycles. The quantitative estimate of drug-likeness (QED) is 0.522. The number of rotatable bonds is 7. The van der Waals surface area contributed by atoms with E-state index >= 15 is 0 Å². The molecule has 2 aromatic rings. The van der Waals surface area contributed by atoms with Gasteiger partial charge in [-0.15, -0.1) is 0 Å². The van der Waals surface area contributed by atoms with Crippen molar-refractivity contribution in [3.8, 4) is 0 Å². The molecule has 2 aliphatic heterocycles. The molecule has 2 saturated heterocycles. The lowest BCUT2D eigenvalue weighted by molar-refractivity contribution is -0.137. The molecule has 3 unspecified atom stereocenters. The van der Waals surface area contributed by atoms with E-state index in [4.69, 9.17) is 4.52 Å². The molecule has 0 bridgehead atoms. The lowest BCUT2D eigenvalue weighted by atomic mass is 9.84. The normalized spacial score (nSPS) is 26.7. The summed E-state index contributed by atoms with van der Waals surface area (Å²) in [6.45, 7) is 2.13. The number of aromatic nitrogens is 2. The van der Waals surface area contributed by atoms with Crippen LogP contribution in [0.25, 0.3) is 0 Å². The van der Waals surface area contributed by atoms with E-state index in [9.17, 15) is 28.5 Å². The van der Waals surface area contributed by atoms with Crippen LogP contribution in [0.4, 0.5) is 13.2 Å². The highest BCUT2D eigenvalue weighted by Gasteiger charge is 2.44. The molecule has 3 aliphatic rings. The third-order valence-corrected chi connectivity index (χ3v) is 8.00. The van der Waals surface area contributed by atoms with Crippen molar-refractivity contribution in [1.82, 2.24) is 19.9 Å². The SMILES string of the molecule is OCC1(Cc2noc(C3CC(c4ccc(C(F)(F)F)cc4)CN(C(O)N4CCC(O)CC4)C3)n2)CC1.